The summed E-state index contributed by atoms with van der Waals surface area (Å²) >= 11 is 5.99. The third kappa shape index (κ3) is 4.87. The van der Waals surface area contributed by atoms with Gasteiger partial charge in [0.2, 0.25) is 0 Å². The molecule has 2 heterocycles. The Labute approximate surface area is 154 Å². The Bertz CT molecular complexity index is 582. The normalized spacial score (nSPS) is 19.8. The molecule has 1 amide bonds. The fourth-order valence-electron chi connectivity index (χ4n) is 3.63. The number of carbonyl (C=O) groups excluding carboxylic acids is 1. The highest BCUT2D eigenvalue weighted by atomic mass is 35.5. The SMILES string of the molecule is COc1cc(Cl)ccc1C(=O)N1CCC(CCN2CCOCC2)CC1. The number of hydrogen-bond donors (Lipinski definition) is 0. The van der Waals surface area contributed by atoms with E-state index in [-0.39, 0.29) is 5.91 Å². The molecule has 0 bridgehead atoms. The zero-order valence-electron chi connectivity index (χ0n) is 14.9. The summed E-state index contributed by atoms with van der Waals surface area (Å²) in [5.41, 5.74) is 0.596. The van der Waals surface area contributed by atoms with Crippen LogP contribution in [0.15, 0.2) is 18.2 Å². The first-order chi connectivity index (χ1) is 12.2. The van der Waals surface area contributed by atoms with E-state index in [1.165, 1.54) is 6.42 Å². The van der Waals surface area contributed by atoms with Gasteiger partial charge in [-0.3, -0.25) is 9.69 Å². The first-order valence-corrected chi connectivity index (χ1v) is 9.48. The van der Waals surface area contributed by atoms with Gasteiger partial charge in [0.05, 0.1) is 25.9 Å². The van der Waals surface area contributed by atoms with E-state index < -0.39 is 0 Å². The molecule has 138 valence electrons. The second-order valence-electron chi connectivity index (χ2n) is 6.82. The average molecular weight is 367 g/mol. The monoisotopic (exact) mass is 366 g/mol. The zero-order chi connectivity index (χ0) is 17.6. The highest BCUT2D eigenvalue weighted by Crippen LogP contribution is 2.27. The number of benzene rings is 1. The van der Waals surface area contributed by atoms with Crippen molar-refractivity contribution in [1.82, 2.24) is 9.80 Å². The van der Waals surface area contributed by atoms with Crippen molar-refractivity contribution in [3.8, 4) is 5.75 Å². The van der Waals surface area contributed by atoms with E-state index in [4.69, 9.17) is 21.1 Å². The lowest BCUT2D eigenvalue weighted by Crippen LogP contribution is -2.40. The summed E-state index contributed by atoms with van der Waals surface area (Å²) in [5.74, 6) is 1.30. The molecule has 1 aromatic rings. The molecule has 5 nitrogen and oxygen atoms in total. The molecule has 0 spiro atoms. The Morgan fingerprint density at radius 2 is 1.96 bits per heavy atom. The molecular formula is C19H27ClN2O3. The van der Waals surface area contributed by atoms with Crippen LogP contribution in [0.5, 0.6) is 5.75 Å². The van der Waals surface area contributed by atoms with Crippen LogP contribution in [-0.2, 0) is 4.74 Å². The van der Waals surface area contributed by atoms with E-state index in [1.54, 1.807) is 25.3 Å². The number of nitrogens with zero attached hydrogens (tertiary/aromatic N) is 2. The van der Waals surface area contributed by atoms with Gasteiger partial charge in [0, 0.05) is 31.2 Å². The summed E-state index contributed by atoms with van der Waals surface area (Å²) in [5, 5.41) is 0.579. The average Bonchev–Trinajstić information content (AvgIpc) is 2.67. The molecule has 0 saturated carbocycles. The van der Waals surface area contributed by atoms with E-state index in [2.05, 4.69) is 4.90 Å². The van der Waals surface area contributed by atoms with Crippen LogP contribution in [0.1, 0.15) is 29.6 Å². The molecule has 2 aliphatic heterocycles. The van der Waals surface area contributed by atoms with Gasteiger partial charge in [0.1, 0.15) is 5.75 Å². The Kier molecular flexibility index (Phi) is 6.57. The second-order valence-corrected chi connectivity index (χ2v) is 7.26. The molecule has 0 aliphatic carbocycles. The van der Waals surface area contributed by atoms with Gasteiger partial charge < -0.3 is 14.4 Å². The van der Waals surface area contributed by atoms with Gasteiger partial charge in [-0.25, -0.2) is 0 Å². The number of carbonyl (C=O) groups is 1. The predicted octanol–water partition coefficient (Wildman–Crippen LogP) is 2.92. The molecule has 2 fully saturated rings. The number of methoxy groups -OCH3 is 1. The summed E-state index contributed by atoms with van der Waals surface area (Å²) in [6, 6.07) is 5.20. The summed E-state index contributed by atoms with van der Waals surface area (Å²) in [6.45, 7) is 6.59. The van der Waals surface area contributed by atoms with Crippen LogP contribution in [-0.4, -0.2) is 68.8 Å². The highest BCUT2D eigenvalue weighted by Gasteiger charge is 2.26. The summed E-state index contributed by atoms with van der Waals surface area (Å²) in [7, 11) is 1.57. The van der Waals surface area contributed by atoms with Gasteiger partial charge >= 0.3 is 0 Å². The van der Waals surface area contributed by atoms with E-state index in [9.17, 15) is 4.79 Å². The van der Waals surface area contributed by atoms with Crippen LogP contribution in [0.3, 0.4) is 0 Å². The van der Waals surface area contributed by atoms with Crippen LogP contribution in [0.2, 0.25) is 5.02 Å². The number of hydrogen-bond acceptors (Lipinski definition) is 4. The molecule has 2 saturated heterocycles. The van der Waals surface area contributed by atoms with E-state index >= 15 is 0 Å². The summed E-state index contributed by atoms with van der Waals surface area (Å²) in [4.78, 5) is 17.2. The lowest BCUT2D eigenvalue weighted by atomic mass is 9.93. The molecule has 0 aromatic heterocycles. The fourth-order valence-corrected chi connectivity index (χ4v) is 3.79. The van der Waals surface area contributed by atoms with Gasteiger partial charge in [0.15, 0.2) is 0 Å². The molecule has 0 atom stereocenters. The number of halogens is 1. The fraction of sp³-hybridized carbons (Fsp3) is 0.632. The Morgan fingerprint density at radius 3 is 2.64 bits per heavy atom. The van der Waals surface area contributed by atoms with Crippen molar-refractivity contribution in [1.29, 1.82) is 0 Å². The smallest absolute Gasteiger partial charge is 0.257 e. The number of rotatable bonds is 5. The number of likely N-dealkylation sites (tertiary alicyclic amines) is 1. The highest BCUT2D eigenvalue weighted by molar-refractivity contribution is 6.30. The van der Waals surface area contributed by atoms with Gasteiger partial charge in [-0.05, 0) is 49.9 Å². The first kappa shape index (κ1) is 18.5. The first-order valence-electron chi connectivity index (χ1n) is 9.10. The predicted molar refractivity (Wildman–Crippen MR) is 98.5 cm³/mol. The van der Waals surface area contributed by atoms with Crippen molar-refractivity contribution in [2.45, 2.75) is 19.3 Å². The lowest BCUT2D eigenvalue weighted by molar-refractivity contribution is 0.0332. The van der Waals surface area contributed by atoms with Crippen LogP contribution in [0.4, 0.5) is 0 Å². The lowest BCUT2D eigenvalue weighted by Gasteiger charge is -2.34. The maximum absolute atomic E-state index is 12.8. The molecule has 25 heavy (non-hydrogen) atoms. The summed E-state index contributed by atoms with van der Waals surface area (Å²) in [6.07, 6.45) is 3.37. The molecule has 0 N–H and O–H groups in total. The van der Waals surface area contributed by atoms with Crippen molar-refractivity contribution in [3.05, 3.63) is 28.8 Å². The Balaban J connectivity index is 1.49. The standard InChI is InChI=1S/C19H27ClN2O3/c1-24-18-14-16(20)2-3-17(18)19(23)22-8-5-15(6-9-22)4-7-21-10-12-25-13-11-21/h2-3,14-15H,4-13H2,1H3. The molecule has 2 aliphatic rings. The maximum Gasteiger partial charge on any atom is 0.257 e. The van der Waals surface area contributed by atoms with E-state index in [0.717, 1.165) is 58.8 Å². The molecule has 0 unspecified atom stereocenters. The van der Waals surface area contributed by atoms with Crippen molar-refractivity contribution in [2.75, 3.05) is 53.0 Å². The zero-order valence-corrected chi connectivity index (χ0v) is 15.6. The summed E-state index contributed by atoms with van der Waals surface area (Å²) < 4.78 is 10.7. The Morgan fingerprint density at radius 1 is 1.24 bits per heavy atom. The van der Waals surface area contributed by atoms with Gasteiger partial charge in [-0.2, -0.15) is 0 Å². The number of ether oxygens (including phenoxy) is 2. The van der Waals surface area contributed by atoms with Crippen molar-refractivity contribution >= 4 is 17.5 Å². The largest absolute Gasteiger partial charge is 0.496 e. The van der Waals surface area contributed by atoms with Crippen molar-refractivity contribution < 1.29 is 14.3 Å². The van der Waals surface area contributed by atoms with Gasteiger partial charge in [-0.15, -0.1) is 0 Å². The molecule has 0 radical (unpaired) electrons. The third-order valence-corrected chi connectivity index (χ3v) is 5.49. The minimum Gasteiger partial charge on any atom is -0.496 e. The van der Waals surface area contributed by atoms with Crippen LogP contribution in [0, 0.1) is 5.92 Å². The van der Waals surface area contributed by atoms with E-state index in [0.29, 0.717) is 22.3 Å². The molecule has 6 heteroatoms. The topological polar surface area (TPSA) is 42.0 Å². The van der Waals surface area contributed by atoms with Crippen molar-refractivity contribution in [2.24, 2.45) is 5.92 Å². The van der Waals surface area contributed by atoms with Gasteiger partial charge in [0.25, 0.3) is 5.91 Å². The molecule has 3 rings (SSSR count). The van der Waals surface area contributed by atoms with Gasteiger partial charge in [-0.1, -0.05) is 11.6 Å². The maximum atomic E-state index is 12.8. The number of amides is 1. The van der Waals surface area contributed by atoms with Crippen LogP contribution < -0.4 is 4.74 Å². The minimum absolute atomic E-state index is 0.0418. The van der Waals surface area contributed by atoms with Crippen LogP contribution in [0.25, 0.3) is 0 Å². The molecule has 1 aromatic carbocycles. The third-order valence-electron chi connectivity index (χ3n) is 5.25. The molecular weight excluding hydrogens is 340 g/mol. The van der Waals surface area contributed by atoms with Crippen LogP contribution >= 0.6 is 11.6 Å². The Hall–Kier alpha value is -1.30. The number of piperidine rings is 1. The van der Waals surface area contributed by atoms with E-state index in [1.807, 2.05) is 4.90 Å². The number of morpholine rings is 1. The quantitative estimate of drug-likeness (QED) is 0.803. The minimum atomic E-state index is 0.0418. The van der Waals surface area contributed by atoms with Crippen molar-refractivity contribution in [3.63, 3.8) is 0 Å². The second kappa shape index (κ2) is 8.88.